The zero-order chi connectivity index (χ0) is 25.2. The molecule has 0 atom stereocenters. The summed E-state index contributed by atoms with van der Waals surface area (Å²) in [7, 11) is 2.16. The Kier molecular flexibility index (Phi) is 6.16. The number of benzene rings is 2. The number of hydrogen-bond donors (Lipinski definition) is 3. The van der Waals surface area contributed by atoms with Gasteiger partial charge in [-0.25, -0.2) is 0 Å². The van der Waals surface area contributed by atoms with Gasteiger partial charge >= 0.3 is 0 Å². The zero-order valence-electron chi connectivity index (χ0n) is 20.7. The summed E-state index contributed by atoms with van der Waals surface area (Å²) in [5, 5.41) is 15.0. The molecule has 1 aliphatic heterocycles. The van der Waals surface area contributed by atoms with E-state index in [9.17, 15) is 4.79 Å². The largest absolute Gasteiger partial charge is 0.382 e. The Bertz CT molecular complexity index is 1510. The SMILES string of the molecule is CN1CCC(Nc2ccc(C(=O)Nc3cc(-c4ccc5ccn(-c6ccncc6)c5c4)n[nH]3)cc2)CC1. The molecule has 6 rings (SSSR count). The highest BCUT2D eigenvalue weighted by Crippen LogP contribution is 2.27. The normalized spacial score (nSPS) is 14.6. The van der Waals surface area contributed by atoms with Gasteiger partial charge in [0.15, 0.2) is 0 Å². The third kappa shape index (κ3) is 4.96. The lowest BCUT2D eigenvalue weighted by Crippen LogP contribution is -2.36. The molecular formula is C29H29N7O. The molecule has 0 aliphatic carbocycles. The van der Waals surface area contributed by atoms with E-state index in [-0.39, 0.29) is 5.91 Å². The topological polar surface area (TPSA) is 90.9 Å². The highest BCUT2D eigenvalue weighted by molar-refractivity contribution is 6.04. The lowest BCUT2D eigenvalue weighted by Gasteiger charge is -2.30. The van der Waals surface area contributed by atoms with Gasteiger partial charge in [-0.15, -0.1) is 0 Å². The van der Waals surface area contributed by atoms with Crippen molar-refractivity contribution in [1.29, 1.82) is 0 Å². The molecule has 0 saturated carbocycles. The van der Waals surface area contributed by atoms with Crippen molar-refractivity contribution >= 4 is 28.3 Å². The summed E-state index contributed by atoms with van der Waals surface area (Å²) in [4.78, 5) is 19.3. The number of nitrogens with zero attached hydrogens (tertiary/aromatic N) is 4. The van der Waals surface area contributed by atoms with Gasteiger partial charge in [-0.2, -0.15) is 5.10 Å². The molecule has 0 bridgehead atoms. The van der Waals surface area contributed by atoms with Crippen molar-refractivity contribution in [3.05, 3.63) is 90.9 Å². The van der Waals surface area contributed by atoms with E-state index in [1.807, 2.05) is 48.5 Å². The summed E-state index contributed by atoms with van der Waals surface area (Å²) in [5.41, 5.74) is 5.49. The fourth-order valence-corrected chi connectivity index (χ4v) is 4.85. The molecule has 1 aliphatic rings. The number of nitrogens with one attached hydrogen (secondary N) is 3. The van der Waals surface area contributed by atoms with Gasteiger partial charge in [-0.1, -0.05) is 12.1 Å². The van der Waals surface area contributed by atoms with Crippen molar-refractivity contribution < 1.29 is 4.79 Å². The van der Waals surface area contributed by atoms with Gasteiger partial charge in [-0.3, -0.25) is 14.9 Å². The molecule has 0 unspecified atom stereocenters. The lowest BCUT2D eigenvalue weighted by molar-refractivity contribution is 0.102. The van der Waals surface area contributed by atoms with Crippen LogP contribution in [0.5, 0.6) is 0 Å². The first-order valence-electron chi connectivity index (χ1n) is 12.6. The molecule has 37 heavy (non-hydrogen) atoms. The average molecular weight is 492 g/mol. The van der Waals surface area contributed by atoms with Crippen molar-refractivity contribution in [2.24, 2.45) is 0 Å². The summed E-state index contributed by atoms with van der Waals surface area (Å²) in [5.74, 6) is 0.376. The van der Waals surface area contributed by atoms with Crippen LogP contribution < -0.4 is 10.6 Å². The van der Waals surface area contributed by atoms with Crippen molar-refractivity contribution in [3.63, 3.8) is 0 Å². The van der Waals surface area contributed by atoms with Crippen molar-refractivity contribution in [3.8, 4) is 16.9 Å². The van der Waals surface area contributed by atoms with Gasteiger partial charge in [0.2, 0.25) is 0 Å². The van der Waals surface area contributed by atoms with Gasteiger partial charge in [0.25, 0.3) is 5.91 Å². The predicted octanol–water partition coefficient (Wildman–Crippen LogP) is 5.17. The van der Waals surface area contributed by atoms with Crippen LogP contribution in [0.25, 0.3) is 27.8 Å². The summed E-state index contributed by atoms with van der Waals surface area (Å²) in [6, 6.07) is 22.2. The quantitative estimate of drug-likeness (QED) is 0.305. The average Bonchev–Trinajstić information content (AvgIpc) is 3.58. The van der Waals surface area contributed by atoms with Crippen LogP contribution in [0.4, 0.5) is 11.5 Å². The number of likely N-dealkylation sites (tertiary alicyclic amines) is 1. The minimum absolute atomic E-state index is 0.178. The summed E-state index contributed by atoms with van der Waals surface area (Å²) >= 11 is 0. The number of pyridine rings is 1. The summed E-state index contributed by atoms with van der Waals surface area (Å²) in [6.07, 6.45) is 7.88. The summed E-state index contributed by atoms with van der Waals surface area (Å²) < 4.78 is 2.13. The molecule has 8 heteroatoms. The van der Waals surface area contributed by atoms with Crippen LogP contribution in [0.15, 0.2) is 85.3 Å². The molecule has 1 amide bonds. The second kappa shape index (κ2) is 9.91. The van der Waals surface area contributed by atoms with Gasteiger partial charge < -0.3 is 20.1 Å². The number of aromatic amines is 1. The van der Waals surface area contributed by atoms with Crippen LogP contribution >= 0.6 is 0 Å². The first-order valence-corrected chi connectivity index (χ1v) is 12.6. The Morgan fingerprint density at radius 2 is 1.76 bits per heavy atom. The van der Waals surface area contributed by atoms with Crippen LogP contribution in [-0.4, -0.2) is 56.7 Å². The predicted molar refractivity (Wildman–Crippen MR) is 147 cm³/mol. The van der Waals surface area contributed by atoms with Gasteiger partial charge in [0, 0.05) is 53.2 Å². The molecule has 0 spiro atoms. The van der Waals surface area contributed by atoms with Crippen LogP contribution in [0.1, 0.15) is 23.2 Å². The second-order valence-electron chi connectivity index (χ2n) is 9.58. The van der Waals surface area contributed by atoms with Crippen LogP contribution in [0, 0.1) is 0 Å². The molecule has 3 aromatic heterocycles. The van der Waals surface area contributed by atoms with E-state index in [4.69, 9.17) is 0 Å². The van der Waals surface area contributed by atoms with Crippen LogP contribution in [0.2, 0.25) is 0 Å². The minimum atomic E-state index is -0.178. The third-order valence-electron chi connectivity index (χ3n) is 6.99. The number of carbonyl (C=O) groups is 1. The molecular weight excluding hydrogens is 462 g/mol. The lowest BCUT2D eigenvalue weighted by atomic mass is 10.0. The van der Waals surface area contributed by atoms with Crippen molar-refractivity contribution in [2.75, 3.05) is 30.8 Å². The minimum Gasteiger partial charge on any atom is -0.382 e. The first-order chi connectivity index (χ1) is 18.1. The number of piperidine rings is 1. The van der Waals surface area contributed by atoms with E-state index in [0.29, 0.717) is 17.4 Å². The standard InChI is InChI=1S/C29H29N7O/c1-35-15-11-24(12-16-35)31-23-6-4-21(5-7-23)29(37)32-28-19-26(33-34-28)22-3-2-20-10-17-36(27(20)18-22)25-8-13-30-14-9-25/h2-10,13-14,17-19,24,31H,11-12,15-16H2,1H3,(H2,32,33,34,37). The van der Waals surface area contributed by atoms with Crippen LogP contribution in [0.3, 0.4) is 0 Å². The third-order valence-corrected chi connectivity index (χ3v) is 6.99. The first kappa shape index (κ1) is 23.0. The van der Waals surface area contributed by atoms with Gasteiger partial charge in [-0.05, 0) is 86.9 Å². The fourth-order valence-electron chi connectivity index (χ4n) is 4.85. The van der Waals surface area contributed by atoms with Crippen LogP contribution in [-0.2, 0) is 0 Å². The second-order valence-corrected chi connectivity index (χ2v) is 9.58. The Hall–Kier alpha value is -4.43. The Balaban J connectivity index is 1.14. The Morgan fingerprint density at radius 3 is 2.54 bits per heavy atom. The van der Waals surface area contributed by atoms with E-state index in [0.717, 1.165) is 59.5 Å². The van der Waals surface area contributed by atoms with Crippen molar-refractivity contribution in [2.45, 2.75) is 18.9 Å². The maximum absolute atomic E-state index is 12.8. The maximum atomic E-state index is 12.8. The van der Waals surface area contributed by atoms with E-state index in [1.54, 1.807) is 12.4 Å². The molecule has 0 radical (unpaired) electrons. The number of carbonyl (C=O) groups excluding carboxylic acids is 1. The molecule has 1 saturated heterocycles. The van der Waals surface area contributed by atoms with Crippen molar-refractivity contribution in [1.82, 2.24) is 24.6 Å². The Labute approximate surface area is 215 Å². The molecule has 1 fully saturated rings. The number of H-pyrrole nitrogens is 1. The molecule has 4 heterocycles. The monoisotopic (exact) mass is 491 g/mol. The molecule has 8 nitrogen and oxygen atoms in total. The summed E-state index contributed by atoms with van der Waals surface area (Å²) in [6.45, 7) is 2.21. The highest BCUT2D eigenvalue weighted by Gasteiger charge is 2.16. The van der Waals surface area contributed by atoms with E-state index < -0.39 is 0 Å². The number of aromatic nitrogens is 4. The zero-order valence-corrected chi connectivity index (χ0v) is 20.7. The number of anilines is 2. The number of amides is 1. The molecule has 2 aromatic carbocycles. The smallest absolute Gasteiger partial charge is 0.256 e. The number of hydrogen-bond acceptors (Lipinski definition) is 5. The van der Waals surface area contributed by atoms with E-state index >= 15 is 0 Å². The highest BCUT2D eigenvalue weighted by atomic mass is 16.1. The molecule has 5 aromatic rings. The fraction of sp³-hybridized carbons (Fsp3) is 0.207. The van der Waals surface area contributed by atoms with Gasteiger partial charge in [0.1, 0.15) is 5.82 Å². The maximum Gasteiger partial charge on any atom is 0.256 e. The number of rotatable bonds is 6. The Morgan fingerprint density at radius 1 is 0.973 bits per heavy atom. The molecule has 186 valence electrons. The number of fused-ring (bicyclic) bond motifs is 1. The molecule has 3 N–H and O–H groups in total. The van der Waals surface area contributed by atoms with Gasteiger partial charge in [0.05, 0.1) is 11.2 Å². The van der Waals surface area contributed by atoms with E-state index in [2.05, 4.69) is 66.7 Å². The van der Waals surface area contributed by atoms with E-state index in [1.165, 1.54) is 0 Å².